The average molecular weight is 430 g/mol. The zero-order valence-electron chi connectivity index (χ0n) is 18.8. The van der Waals surface area contributed by atoms with Gasteiger partial charge >= 0.3 is 0 Å². The monoisotopic (exact) mass is 429 g/mol. The number of aromatic nitrogens is 1. The van der Waals surface area contributed by atoms with E-state index < -0.39 is 0 Å². The Morgan fingerprint density at radius 1 is 1.09 bits per heavy atom. The Balaban J connectivity index is 1.39. The molecule has 1 amide bonds. The third kappa shape index (κ3) is 6.10. The number of nitrogens with zero attached hydrogens (tertiary/aromatic N) is 1. The topological polar surface area (TPSA) is 63.2 Å². The van der Waals surface area contributed by atoms with Gasteiger partial charge in [0.15, 0.2) is 0 Å². The molecule has 1 aliphatic rings. The minimum atomic E-state index is -0.0229. The van der Waals surface area contributed by atoms with E-state index in [0.717, 1.165) is 29.2 Å². The van der Waals surface area contributed by atoms with E-state index in [4.69, 9.17) is 4.74 Å². The lowest BCUT2D eigenvalue weighted by Crippen LogP contribution is -2.25. The van der Waals surface area contributed by atoms with Crippen molar-refractivity contribution in [3.05, 3.63) is 83.7 Å². The fourth-order valence-electron chi connectivity index (χ4n) is 3.55. The van der Waals surface area contributed by atoms with Crippen LogP contribution in [0.5, 0.6) is 5.75 Å². The predicted octanol–water partition coefficient (Wildman–Crippen LogP) is 6.06. The summed E-state index contributed by atoms with van der Waals surface area (Å²) < 4.78 is 5.97. The number of nitrogens with one attached hydrogen (secondary N) is 2. The maximum Gasteiger partial charge on any atom is 0.251 e. The van der Waals surface area contributed by atoms with Crippen LogP contribution in [0.2, 0.25) is 0 Å². The SMILES string of the molecule is CC(C)CCNC(=O)c1ccc(Nc2ccc(OCc3ccccn3)cc2C2CC2)cc1. The lowest BCUT2D eigenvalue weighted by Gasteiger charge is -2.15. The average Bonchev–Trinajstić information content (AvgIpc) is 3.65. The molecule has 0 aliphatic heterocycles. The van der Waals surface area contributed by atoms with E-state index in [9.17, 15) is 4.79 Å². The number of carbonyl (C=O) groups is 1. The van der Waals surface area contributed by atoms with E-state index in [1.54, 1.807) is 6.20 Å². The Morgan fingerprint density at radius 3 is 2.59 bits per heavy atom. The van der Waals surface area contributed by atoms with Crippen LogP contribution >= 0.6 is 0 Å². The van der Waals surface area contributed by atoms with Crippen molar-refractivity contribution in [2.45, 2.75) is 45.6 Å². The Kier molecular flexibility index (Phi) is 7.05. The maximum atomic E-state index is 12.3. The van der Waals surface area contributed by atoms with Gasteiger partial charge in [-0.15, -0.1) is 0 Å². The minimum Gasteiger partial charge on any atom is -0.487 e. The van der Waals surface area contributed by atoms with Crippen LogP contribution in [-0.4, -0.2) is 17.4 Å². The molecule has 2 aromatic carbocycles. The van der Waals surface area contributed by atoms with Crippen molar-refractivity contribution < 1.29 is 9.53 Å². The molecule has 0 saturated heterocycles. The van der Waals surface area contributed by atoms with Crippen molar-refractivity contribution in [2.24, 2.45) is 5.92 Å². The molecule has 166 valence electrons. The van der Waals surface area contributed by atoms with Crippen molar-refractivity contribution in [2.75, 3.05) is 11.9 Å². The van der Waals surface area contributed by atoms with Gasteiger partial charge in [-0.2, -0.15) is 0 Å². The molecular formula is C27H31N3O2. The van der Waals surface area contributed by atoms with Gasteiger partial charge in [0.2, 0.25) is 0 Å². The van der Waals surface area contributed by atoms with E-state index >= 15 is 0 Å². The number of benzene rings is 2. The standard InChI is InChI=1S/C27H31N3O2/c1-19(2)14-16-29-27(31)21-8-10-22(11-9-21)30-26-13-12-24(17-25(26)20-6-7-20)32-18-23-5-3-4-15-28-23/h3-5,8-13,15,17,19-20,30H,6-7,14,16,18H2,1-2H3,(H,29,31). The van der Waals surface area contributed by atoms with Crippen LogP contribution in [0.4, 0.5) is 11.4 Å². The lowest BCUT2D eigenvalue weighted by molar-refractivity contribution is 0.0952. The van der Waals surface area contributed by atoms with Crippen molar-refractivity contribution in [1.29, 1.82) is 0 Å². The van der Waals surface area contributed by atoms with Crippen molar-refractivity contribution in [3.63, 3.8) is 0 Å². The first-order chi connectivity index (χ1) is 15.6. The molecular weight excluding hydrogens is 398 g/mol. The Hall–Kier alpha value is -3.34. The van der Waals surface area contributed by atoms with Crippen LogP contribution < -0.4 is 15.4 Å². The summed E-state index contributed by atoms with van der Waals surface area (Å²) in [6.45, 7) is 5.47. The highest BCUT2D eigenvalue weighted by Crippen LogP contribution is 2.45. The Labute approximate surface area is 190 Å². The van der Waals surface area contributed by atoms with Crippen LogP contribution in [0, 0.1) is 5.92 Å². The molecule has 1 fully saturated rings. The number of hydrogen-bond acceptors (Lipinski definition) is 4. The quantitative estimate of drug-likeness (QED) is 0.411. The van der Waals surface area contributed by atoms with Gasteiger partial charge < -0.3 is 15.4 Å². The molecule has 0 unspecified atom stereocenters. The number of carbonyl (C=O) groups excluding carboxylic acids is 1. The van der Waals surface area contributed by atoms with Crippen LogP contribution in [0.1, 0.15) is 60.6 Å². The number of ether oxygens (including phenoxy) is 1. The second-order valence-corrected chi connectivity index (χ2v) is 8.77. The Morgan fingerprint density at radius 2 is 1.91 bits per heavy atom. The molecule has 0 bridgehead atoms. The largest absolute Gasteiger partial charge is 0.487 e. The van der Waals surface area contributed by atoms with E-state index in [-0.39, 0.29) is 5.91 Å². The first-order valence-corrected chi connectivity index (χ1v) is 11.4. The molecule has 32 heavy (non-hydrogen) atoms. The molecule has 2 N–H and O–H groups in total. The van der Waals surface area contributed by atoms with Gasteiger partial charge in [0.05, 0.1) is 5.69 Å². The zero-order chi connectivity index (χ0) is 22.3. The molecule has 1 saturated carbocycles. The van der Waals surface area contributed by atoms with Crippen molar-refractivity contribution in [3.8, 4) is 5.75 Å². The Bertz CT molecular complexity index is 1030. The van der Waals surface area contributed by atoms with Gasteiger partial charge in [-0.25, -0.2) is 0 Å². The second-order valence-electron chi connectivity index (χ2n) is 8.77. The summed E-state index contributed by atoms with van der Waals surface area (Å²) in [6, 6.07) is 19.7. The zero-order valence-corrected chi connectivity index (χ0v) is 18.8. The molecule has 1 heterocycles. The fraction of sp³-hybridized carbons (Fsp3) is 0.333. The van der Waals surface area contributed by atoms with E-state index in [0.29, 0.717) is 30.6 Å². The molecule has 3 aromatic rings. The molecule has 1 aromatic heterocycles. The van der Waals surface area contributed by atoms with Gasteiger partial charge in [0.1, 0.15) is 12.4 Å². The number of hydrogen-bond donors (Lipinski definition) is 2. The van der Waals surface area contributed by atoms with Gasteiger partial charge in [-0.05, 0) is 91.3 Å². The molecule has 0 radical (unpaired) electrons. The maximum absolute atomic E-state index is 12.3. The summed E-state index contributed by atoms with van der Waals surface area (Å²) in [6.07, 6.45) is 5.17. The number of rotatable bonds is 10. The highest BCUT2D eigenvalue weighted by atomic mass is 16.5. The smallest absolute Gasteiger partial charge is 0.251 e. The molecule has 0 spiro atoms. The summed E-state index contributed by atoms with van der Waals surface area (Å²) in [7, 11) is 0. The molecule has 5 nitrogen and oxygen atoms in total. The normalized spacial score (nSPS) is 13.1. The molecule has 0 atom stereocenters. The van der Waals surface area contributed by atoms with Gasteiger partial charge in [0.25, 0.3) is 5.91 Å². The number of pyridine rings is 1. The molecule has 4 rings (SSSR count). The highest BCUT2D eigenvalue weighted by Gasteiger charge is 2.26. The third-order valence-electron chi connectivity index (χ3n) is 5.59. The summed E-state index contributed by atoms with van der Waals surface area (Å²) >= 11 is 0. The van der Waals surface area contributed by atoms with Gasteiger partial charge in [-0.1, -0.05) is 19.9 Å². The molecule has 5 heteroatoms. The van der Waals surface area contributed by atoms with Crippen molar-refractivity contribution >= 4 is 17.3 Å². The predicted molar refractivity (Wildman–Crippen MR) is 128 cm³/mol. The van der Waals surface area contributed by atoms with Gasteiger partial charge in [0, 0.05) is 29.7 Å². The summed E-state index contributed by atoms with van der Waals surface area (Å²) in [5.74, 6) is 1.98. The van der Waals surface area contributed by atoms with Gasteiger partial charge in [-0.3, -0.25) is 9.78 Å². The first kappa shape index (κ1) is 21.9. The third-order valence-corrected chi connectivity index (χ3v) is 5.59. The van der Waals surface area contributed by atoms with E-state index in [2.05, 4.69) is 41.6 Å². The summed E-state index contributed by atoms with van der Waals surface area (Å²) in [4.78, 5) is 16.6. The number of amides is 1. The van der Waals surface area contributed by atoms with Crippen LogP contribution in [0.25, 0.3) is 0 Å². The van der Waals surface area contributed by atoms with Crippen molar-refractivity contribution in [1.82, 2.24) is 10.3 Å². The van der Waals surface area contributed by atoms with Crippen LogP contribution in [-0.2, 0) is 6.61 Å². The highest BCUT2D eigenvalue weighted by molar-refractivity contribution is 5.94. The summed E-state index contributed by atoms with van der Waals surface area (Å²) in [5.41, 5.74) is 4.93. The summed E-state index contributed by atoms with van der Waals surface area (Å²) in [5, 5.41) is 6.50. The fourth-order valence-corrected chi connectivity index (χ4v) is 3.55. The number of anilines is 2. The molecule has 1 aliphatic carbocycles. The minimum absolute atomic E-state index is 0.0229. The second kappa shape index (κ2) is 10.3. The van der Waals surface area contributed by atoms with Crippen LogP contribution in [0.15, 0.2) is 66.9 Å². The lowest BCUT2D eigenvalue weighted by atomic mass is 10.1. The first-order valence-electron chi connectivity index (χ1n) is 11.4. The van der Waals surface area contributed by atoms with Crippen LogP contribution in [0.3, 0.4) is 0 Å². The van der Waals surface area contributed by atoms with E-state index in [1.165, 1.54) is 18.4 Å². The van der Waals surface area contributed by atoms with E-state index in [1.807, 2.05) is 48.5 Å².